The Morgan fingerprint density at radius 2 is 2.00 bits per heavy atom. The van der Waals surface area contributed by atoms with Gasteiger partial charge in [0.05, 0.1) is 5.69 Å². The van der Waals surface area contributed by atoms with Crippen molar-refractivity contribution >= 4 is 28.8 Å². The Hall–Kier alpha value is -2.21. The SMILES string of the molecule is CCn1cc(CNC(=S)Nc2ccc(C(C)=O)cc2)c(C)n1. The third kappa shape index (κ3) is 4.14. The Balaban J connectivity index is 1.89. The molecule has 0 unspecified atom stereocenters. The number of carbonyl (C=O) groups is 1. The number of hydrogen-bond donors (Lipinski definition) is 2. The van der Waals surface area contributed by atoms with Crippen LogP contribution >= 0.6 is 12.2 Å². The van der Waals surface area contributed by atoms with E-state index in [-0.39, 0.29) is 5.78 Å². The van der Waals surface area contributed by atoms with Crippen LogP contribution in [0.2, 0.25) is 0 Å². The summed E-state index contributed by atoms with van der Waals surface area (Å²) < 4.78 is 1.91. The standard InChI is InChI=1S/C16H20N4OS/c1-4-20-10-14(11(2)19-20)9-17-16(22)18-15-7-5-13(6-8-15)12(3)21/h5-8,10H,4,9H2,1-3H3,(H2,17,18,22). The number of nitrogens with zero attached hydrogens (tertiary/aromatic N) is 2. The fourth-order valence-electron chi connectivity index (χ4n) is 2.03. The van der Waals surface area contributed by atoms with Gasteiger partial charge in [-0.15, -0.1) is 0 Å². The van der Waals surface area contributed by atoms with Crippen molar-refractivity contribution in [3.8, 4) is 0 Å². The van der Waals surface area contributed by atoms with Crippen molar-refractivity contribution in [2.24, 2.45) is 0 Å². The maximum atomic E-state index is 11.2. The molecule has 0 atom stereocenters. The zero-order valence-corrected chi connectivity index (χ0v) is 13.8. The van der Waals surface area contributed by atoms with Gasteiger partial charge < -0.3 is 10.6 Å². The van der Waals surface area contributed by atoms with Crippen molar-refractivity contribution in [1.29, 1.82) is 0 Å². The van der Waals surface area contributed by atoms with Crippen molar-refractivity contribution < 1.29 is 4.79 Å². The lowest BCUT2D eigenvalue weighted by Gasteiger charge is -2.10. The molecule has 1 aromatic heterocycles. The Kier molecular flexibility index (Phi) is 5.27. The minimum Gasteiger partial charge on any atom is -0.358 e. The molecule has 0 bridgehead atoms. The van der Waals surface area contributed by atoms with Crippen molar-refractivity contribution in [3.05, 3.63) is 47.3 Å². The van der Waals surface area contributed by atoms with E-state index in [0.717, 1.165) is 23.5 Å². The molecule has 0 spiro atoms. The van der Waals surface area contributed by atoms with Crippen molar-refractivity contribution in [2.45, 2.75) is 33.9 Å². The third-order valence-corrected chi connectivity index (χ3v) is 3.61. The number of nitrogens with one attached hydrogen (secondary N) is 2. The highest BCUT2D eigenvalue weighted by Gasteiger charge is 2.05. The number of benzene rings is 1. The molecule has 5 nitrogen and oxygen atoms in total. The van der Waals surface area contributed by atoms with Gasteiger partial charge in [-0.1, -0.05) is 0 Å². The topological polar surface area (TPSA) is 59.0 Å². The van der Waals surface area contributed by atoms with Gasteiger partial charge in [0.2, 0.25) is 0 Å². The van der Waals surface area contributed by atoms with Crippen molar-refractivity contribution in [3.63, 3.8) is 0 Å². The Morgan fingerprint density at radius 1 is 1.32 bits per heavy atom. The van der Waals surface area contributed by atoms with E-state index in [1.54, 1.807) is 19.1 Å². The summed E-state index contributed by atoms with van der Waals surface area (Å²) in [6.45, 7) is 7.07. The second kappa shape index (κ2) is 7.17. The van der Waals surface area contributed by atoms with E-state index in [1.807, 2.05) is 29.9 Å². The number of anilines is 1. The van der Waals surface area contributed by atoms with E-state index in [9.17, 15) is 4.79 Å². The molecule has 0 saturated heterocycles. The molecule has 6 heteroatoms. The minimum absolute atomic E-state index is 0.0515. The summed E-state index contributed by atoms with van der Waals surface area (Å²) in [7, 11) is 0. The van der Waals surface area contributed by atoms with Crippen LogP contribution in [-0.2, 0) is 13.1 Å². The monoisotopic (exact) mass is 316 g/mol. The van der Waals surface area contributed by atoms with Gasteiger partial charge in [0, 0.05) is 36.1 Å². The van der Waals surface area contributed by atoms with Gasteiger partial charge in [0.1, 0.15) is 0 Å². The van der Waals surface area contributed by atoms with E-state index >= 15 is 0 Å². The van der Waals surface area contributed by atoms with Gasteiger partial charge in [0.25, 0.3) is 0 Å². The smallest absolute Gasteiger partial charge is 0.171 e. The number of ketones is 1. The maximum absolute atomic E-state index is 11.2. The summed E-state index contributed by atoms with van der Waals surface area (Å²) in [5.74, 6) is 0.0515. The van der Waals surface area contributed by atoms with Crippen LogP contribution in [0.1, 0.15) is 35.5 Å². The van der Waals surface area contributed by atoms with Crippen LogP contribution < -0.4 is 10.6 Å². The number of aryl methyl sites for hydroxylation is 2. The molecule has 0 saturated carbocycles. The molecule has 0 aliphatic rings. The van der Waals surface area contributed by atoms with Crippen LogP contribution in [0.3, 0.4) is 0 Å². The predicted octanol–water partition coefficient (Wildman–Crippen LogP) is 2.90. The Labute approximate surface area is 135 Å². The molecule has 2 N–H and O–H groups in total. The normalized spacial score (nSPS) is 10.3. The second-order valence-electron chi connectivity index (χ2n) is 5.04. The maximum Gasteiger partial charge on any atom is 0.171 e. The number of rotatable bonds is 5. The quantitative estimate of drug-likeness (QED) is 0.656. The molecular weight excluding hydrogens is 296 g/mol. The summed E-state index contributed by atoms with van der Waals surface area (Å²) >= 11 is 5.28. The lowest BCUT2D eigenvalue weighted by Crippen LogP contribution is -2.28. The van der Waals surface area contributed by atoms with Crippen LogP contribution in [0.25, 0.3) is 0 Å². The Bertz CT molecular complexity index is 676. The van der Waals surface area contributed by atoms with Gasteiger partial charge in [-0.3, -0.25) is 9.48 Å². The van der Waals surface area contributed by atoms with E-state index in [2.05, 4.69) is 22.7 Å². The van der Waals surface area contributed by atoms with E-state index in [0.29, 0.717) is 17.2 Å². The van der Waals surface area contributed by atoms with Crippen LogP contribution in [0, 0.1) is 6.92 Å². The fourth-order valence-corrected chi connectivity index (χ4v) is 2.22. The first kappa shape index (κ1) is 16.2. The number of aromatic nitrogens is 2. The summed E-state index contributed by atoms with van der Waals surface area (Å²) in [5, 5.41) is 11.2. The van der Waals surface area contributed by atoms with E-state index in [4.69, 9.17) is 12.2 Å². The number of carbonyl (C=O) groups excluding carboxylic acids is 1. The van der Waals surface area contributed by atoms with Gasteiger partial charge in [-0.05, 0) is 57.3 Å². The molecular formula is C16H20N4OS. The second-order valence-corrected chi connectivity index (χ2v) is 5.44. The van der Waals surface area contributed by atoms with Crippen LogP contribution in [0.4, 0.5) is 5.69 Å². The van der Waals surface area contributed by atoms with Gasteiger partial charge in [-0.2, -0.15) is 5.10 Å². The predicted molar refractivity (Wildman–Crippen MR) is 92.1 cm³/mol. The summed E-state index contributed by atoms with van der Waals surface area (Å²) in [6.07, 6.45) is 2.02. The van der Waals surface area contributed by atoms with Crippen molar-refractivity contribution in [2.75, 3.05) is 5.32 Å². The lowest BCUT2D eigenvalue weighted by molar-refractivity contribution is 0.101. The average Bonchev–Trinajstić information content (AvgIpc) is 2.86. The summed E-state index contributed by atoms with van der Waals surface area (Å²) in [5.41, 5.74) is 3.66. The zero-order valence-electron chi connectivity index (χ0n) is 13.0. The van der Waals surface area contributed by atoms with E-state index in [1.165, 1.54) is 0 Å². The molecule has 1 heterocycles. The highest BCUT2D eigenvalue weighted by molar-refractivity contribution is 7.80. The largest absolute Gasteiger partial charge is 0.358 e. The molecule has 0 amide bonds. The zero-order chi connectivity index (χ0) is 16.1. The Morgan fingerprint density at radius 3 is 2.55 bits per heavy atom. The van der Waals surface area contributed by atoms with E-state index < -0.39 is 0 Å². The molecule has 0 radical (unpaired) electrons. The molecule has 1 aromatic carbocycles. The number of Topliss-reactive ketones (excluding diaryl/α,β-unsaturated/α-hetero) is 1. The summed E-state index contributed by atoms with van der Waals surface area (Å²) in [6, 6.07) is 7.24. The highest BCUT2D eigenvalue weighted by atomic mass is 32.1. The number of hydrogen-bond acceptors (Lipinski definition) is 3. The molecule has 116 valence electrons. The van der Waals surface area contributed by atoms with Gasteiger partial charge >= 0.3 is 0 Å². The molecule has 0 aliphatic carbocycles. The lowest BCUT2D eigenvalue weighted by atomic mass is 10.1. The first-order chi connectivity index (χ1) is 10.5. The molecule has 0 fully saturated rings. The molecule has 2 aromatic rings. The fraction of sp³-hybridized carbons (Fsp3) is 0.312. The first-order valence-electron chi connectivity index (χ1n) is 7.18. The van der Waals surface area contributed by atoms with Crippen LogP contribution in [0.5, 0.6) is 0 Å². The van der Waals surface area contributed by atoms with Crippen molar-refractivity contribution in [1.82, 2.24) is 15.1 Å². The number of thiocarbonyl (C=S) groups is 1. The molecule has 0 aliphatic heterocycles. The first-order valence-corrected chi connectivity index (χ1v) is 7.59. The minimum atomic E-state index is 0.0515. The molecule has 2 rings (SSSR count). The molecule has 22 heavy (non-hydrogen) atoms. The van der Waals surface area contributed by atoms with Gasteiger partial charge in [-0.25, -0.2) is 0 Å². The van der Waals surface area contributed by atoms with Crippen LogP contribution in [0.15, 0.2) is 30.5 Å². The van der Waals surface area contributed by atoms with Crippen LogP contribution in [-0.4, -0.2) is 20.7 Å². The van der Waals surface area contributed by atoms with Gasteiger partial charge in [0.15, 0.2) is 10.9 Å². The average molecular weight is 316 g/mol. The highest BCUT2D eigenvalue weighted by Crippen LogP contribution is 2.10. The summed E-state index contributed by atoms with van der Waals surface area (Å²) in [4.78, 5) is 11.2. The third-order valence-electron chi connectivity index (χ3n) is 3.36.